The summed E-state index contributed by atoms with van der Waals surface area (Å²) >= 11 is 1.68. The zero-order valence-corrected chi connectivity index (χ0v) is 10.1. The van der Waals surface area contributed by atoms with E-state index in [0.29, 0.717) is 26.3 Å². The normalized spacial score (nSPS) is 16.2. The van der Waals surface area contributed by atoms with Gasteiger partial charge in [0.25, 0.3) is 5.91 Å². The number of rotatable bonds is 2. The summed E-state index contributed by atoms with van der Waals surface area (Å²) in [5.74, 6) is 0.107. The highest BCUT2D eigenvalue weighted by Gasteiger charge is 2.17. The van der Waals surface area contributed by atoms with Crippen molar-refractivity contribution in [2.24, 2.45) is 0 Å². The Morgan fingerprint density at radius 3 is 2.44 bits per heavy atom. The number of carbonyl (C=O) groups excluding carboxylic acids is 1. The lowest BCUT2D eigenvalue weighted by atomic mass is 10.2. The maximum absolute atomic E-state index is 12.1. The molecule has 86 valence electrons. The molecule has 4 heteroatoms. The quantitative estimate of drug-likeness (QED) is 0.736. The van der Waals surface area contributed by atoms with E-state index in [1.54, 1.807) is 11.8 Å². The molecule has 0 unspecified atom stereocenters. The molecule has 0 radical (unpaired) electrons. The molecule has 1 aliphatic rings. The number of morpholine rings is 1. The van der Waals surface area contributed by atoms with E-state index in [-0.39, 0.29) is 5.91 Å². The van der Waals surface area contributed by atoms with E-state index in [2.05, 4.69) is 0 Å². The summed E-state index contributed by atoms with van der Waals surface area (Å²) in [5, 5.41) is 0. The van der Waals surface area contributed by atoms with Crippen molar-refractivity contribution in [3.8, 4) is 0 Å². The van der Waals surface area contributed by atoms with Crippen molar-refractivity contribution in [2.45, 2.75) is 4.90 Å². The standard InChI is InChI=1S/C12H15NO2S/c1-16-11-4-2-10(3-5-11)12(14)13-6-8-15-9-7-13/h2-5H,6-9H2,1H3. The minimum absolute atomic E-state index is 0.107. The summed E-state index contributed by atoms with van der Waals surface area (Å²) in [5.41, 5.74) is 0.764. The third-order valence-electron chi connectivity index (χ3n) is 2.64. The first-order valence-electron chi connectivity index (χ1n) is 5.32. The van der Waals surface area contributed by atoms with Gasteiger partial charge in [-0.3, -0.25) is 4.79 Å². The Morgan fingerprint density at radius 2 is 1.88 bits per heavy atom. The van der Waals surface area contributed by atoms with Crippen LogP contribution in [0.1, 0.15) is 10.4 Å². The van der Waals surface area contributed by atoms with Crippen LogP contribution in [-0.4, -0.2) is 43.4 Å². The van der Waals surface area contributed by atoms with Crippen molar-refractivity contribution in [3.05, 3.63) is 29.8 Å². The average Bonchev–Trinajstić information content (AvgIpc) is 2.39. The van der Waals surface area contributed by atoms with E-state index in [4.69, 9.17) is 4.74 Å². The Bertz CT molecular complexity index is 358. The van der Waals surface area contributed by atoms with E-state index in [0.717, 1.165) is 5.56 Å². The minimum Gasteiger partial charge on any atom is -0.378 e. The zero-order chi connectivity index (χ0) is 11.4. The van der Waals surface area contributed by atoms with Crippen LogP contribution < -0.4 is 0 Å². The van der Waals surface area contributed by atoms with Gasteiger partial charge in [-0.2, -0.15) is 0 Å². The Kier molecular flexibility index (Phi) is 3.85. The Morgan fingerprint density at radius 1 is 1.25 bits per heavy atom. The first-order valence-corrected chi connectivity index (χ1v) is 6.55. The molecule has 1 heterocycles. The maximum atomic E-state index is 12.1. The molecule has 0 spiro atoms. The van der Waals surface area contributed by atoms with Crippen LogP contribution in [0.2, 0.25) is 0 Å². The summed E-state index contributed by atoms with van der Waals surface area (Å²) in [4.78, 5) is 15.1. The van der Waals surface area contributed by atoms with Gasteiger partial charge in [-0.15, -0.1) is 11.8 Å². The monoisotopic (exact) mass is 237 g/mol. The van der Waals surface area contributed by atoms with Crippen LogP contribution in [0.4, 0.5) is 0 Å². The predicted molar refractivity (Wildman–Crippen MR) is 64.9 cm³/mol. The highest BCUT2D eigenvalue weighted by Crippen LogP contribution is 2.16. The van der Waals surface area contributed by atoms with Crippen molar-refractivity contribution in [2.75, 3.05) is 32.6 Å². The molecular weight excluding hydrogens is 222 g/mol. The smallest absolute Gasteiger partial charge is 0.254 e. The van der Waals surface area contributed by atoms with Crippen LogP contribution in [-0.2, 0) is 4.74 Å². The van der Waals surface area contributed by atoms with E-state index >= 15 is 0 Å². The number of thioether (sulfide) groups is 1. The Balaban J connectivity index is 2.07. The topological polar surface area (TPSA) is 29.5 Å². The number of hydrogen-bond donors (Lipinski definition) is 0. The molecule has 1 amide bonds. The number of hydrogen-bond acceptors (Lipinski definition) is 3. The SMILES string of the molecule is CSc1ccc(C(=O)N2CCOCC2)cc1. The molecule has 1 aromatic rings. The van der Waals surface area contributed by atoms with Gasteiger partial charge in [0.2, 0.25) is 0 Å². The summed E-state index contributed by atoms with van der Waals surface area (Å²) in [7, 11) is 0. The third-order valence-corrected chi connectivity index (χ3v) is 3.38. The van der Waals surface area contributed by atoms with Gasteiger partial charge in [-0.1, -0.05) is 0 Å². The van der Waals surface area contributed by atoms with Crippen LogP contribution in [0, 0.1) is 0 Å². The molecule has 16 heavy (non-hydrogen) atoms. The molecule has 0 saturated carbocycles. The van der Waals surface area contributed by atoms with E-state index < -0.39 is 0 Å². The van der Waals surface area contributed by atoms with Gasteiger partial charge in [0.1, 0.15) is 0 Å². The molecule has 0 bridgehead atoms. The molecule has 2 rings (SSSR count). The van der Waals surface area contributed by atoms with Crippen molar-refractivity contribution < 1.29 is 9.53 Å². The lowest BCUT2D eigenvalue weighted by Crippen LogP contribution is -2.40. The number of benzene rings is 1. The van der Waals surface area contributed by atoms with Crippen LogP contribution in [0.25, 0.3) is 0 Å². The lowest BCUT2D eigenvalue weighted by molar-refractivity contribution is 0.0303. The van der Waals surface area contributed by atoms with Gasteiger partial charge >= 0.3 is 0 Å². The average molecular weight is 237 g/mol. The van der Waals surface area contributed by atoms with Crippen LogP contribution in [0.3, 0.4) is 0 Å². The second kappa shape index (κ2) is 5.37. The summed E-state index contributed by atoms with van der Waals surface area (Å²) < 4.78 is 5.23. The molecule has 0 aromatic heterocycles. The zero-order valence-electron chi connectivity index (χ0n) is 9.31. The van der Waals surface area contributed by atoms with Gasteiger partial charge in [0.05, 0.1) is 13.2 Å². The summed E-state index contributed by atoms with van der Waals surface area (Å²) in [6, 6.07) is 7.75. The highest BCUT2D eigenvalue weighted by molar-refractivity contribution is 7.98. The van der Waals surface area contributed by atoms with Crippen molar-refractivity contribution >= 4 is 17.7 Å². The molecule has 1 saturated heterocycles. The first kappa shape index (κ1) is 11.5. The lowest BCUT2D eigenvalue weighted by Gasteiger charge is -2.26. The summed E-state index contributed by atoms with van der Waals surface area (Å²) in [6.07, 6.45) is 2.03. The number of carbonyl (C=O) groups is 1. The fourth-order valence-corrected chi connectivity index (χ4v) is 2.09. The molecule has 0 aliphatic carbocycles. The molecule has 3 nitrogen and oxygen atoms in total. The van der Waals surface area contributed by atoms with E-state index in [1.807, 2.05) is 35.4 Å². The number of amides is 1. The van der Waals surface area contributed by atoms with Crippen LogP contribution >= 0.6 is 11.8 Å². The maximum Gasteiger partial charge on any atom is 0.254 e. The molecule has 0 N–H and O–H groups in total. The van der Waals surface area contributed by atoms with Gasteiger partial charge in [-0.25, -0.2) is 0 Å². The molecule has 0 atom stereocenters. The third kappa shape index (κ3) is 2.57. The van der Waals surface area contributed by atoms with Gasteiger partial charge < -0.3 is 9.64 Å². The fourth-order valence-electron chi connectivity index (χ4n) is 1.68. The number of ether oxygens (including phenoxy) is 1. The van der Waals surface area contributed by atoms with Gasteiger partial charge in [-0.05, 0) is 30.5 Å². The Labute approximate surface area is 99.8 Å². The summed E-state index contributed by atoms with van der Waals surface area (Å²) in [6.45, 7) is 2.69. The highest BCUT2D eigenvalue weighted by atomic mass is 32.2. The number of nitrogens with zero attached hydrogens (tertiary/aromatic N) is 1. The molecule has 1 aliphatic heterocycles. The molecular formula is C12H15NO2S. The van der Waals surface area contributed by atoms with Crippen molar-refractivity contribution in [3.63, 3.8) is 0 Å². The van der Waals surface area contributed by atoms with E-state index in [9.17, 15) is 4.79 Å². The second-order valence-corrected chi connectivity index (χ2v) is 4.51. The predicted octanol–water partition coefficient (Wildman–Crippen LogP) is 1.88. The Hall–Kier alpha value is -1.00. The second-order valence-electron chi connectivity index (χ2n) is 3.63. The van der Waals surface area contributed by atoms with Crippen LogP contribution in [0.5, 0.6) is 0 Å². The fraction of sp³-hybridized carbons (Fsp3) is 0.417. The van der Waals surface area contributed by atoms with E-state index in [1.165, 1.54) is 4.90 Å². The van der Waals surface area contributed by atoms with Gasteiger partial charge in [0, 0.05) is 23.5 Å². The van der Waals surface area contributed by atoms with Crippen molar-refractivity contribution in [1.82, 2.24) is 4.90 Å². The molecule has 1 fully saturated rings. The van der Waals surface area contributed by atoms with Crippen molar-refractivity contribution in [1.29, 1.82) is 0 Å². The molecule has 1 aromatic carbocycles. The van der Waals surface area contributed by atoms with Gasteiger partial charge in [0.15, 0.2) is 0 Å². The van der Waals surface area contributed by atoms with Crippen LogP contribution in [0.15, 0.2) is 29.2 Å². The largest absolute Gasteiger partial charge is 0.378 e. The minimum atomic E-state index is 0.107. The first-order chi connectivity index (χ1) is 7.81.